The summed E-state index contributed by atoms with van der Waals surface area (Å²) in [5.41, 5.74) is 2.53. The zero-order valence-electron chi connectivity index (χ0n) is 10.6. The van der Waals surface area contributed by atoms with Crippen LogP contribution in [0.25, 0.3) is 10.9 Å². The van der Waals surface area contributed by atoms with Gasteiger partial charge in [0.1, 0.15) is 5.82 Å². The van der Waals surface area contributed by atoms with Gasteiger partial charge in [0, 0.05) is 35.1 Å². The lowest BCUT2D eigenvalue weighted by molar-refractivity contribution is 0.633. The summed E-state index contributed by atoms with van der Waals surface area (Å²) in [6.45, 7) is 0.531. The van der Waals surface area contributed by atoms with Gasteiger partial charge in [-0.25, -0.2) is 9.07 Å². The molecule has 3 rings (SSSR count). The zero-order valence-corrected chi connectivity index (χ0v) is 12.2. The van der Waals surface area contributed by atoms with E-state index in [1.54, 1.807) is 29.1 Å². The van der Waals surface area contributed by atoms with Crippen molar-refractivity contribution in [3.05, 3.63) is 53.7 Å². The van der Waals surface area contributed by atoms with Crippen LogP contribution in [0.3, 0.4) is 0 Å². The van der Waals surface area contributed by atoms with Crippen LogP contribution >= 0.6 is 15.9 Å². The van der Waals surface area contributed by atoms with Crippen molar-refractivity contribution in [2.45, 2.75) is 13.0 Å². The van der Waals surface area contributed by atoms with Gasteiger partial charge in [-0.3, -0.25) is 4.98 Å². The van der Waals surface area contributed by atoms with Crippen LogP contribution in [0.1, 0.15) is 11.3 Å². The monoisotopic (exact) mass is 334 g/mol. The van der Waals surface area contributed by atoms with E-state index in [9.17, 15) is 4.39 Å². The molecule has 0 aliphatic heterocycles. The fourth-order valence-corrected chi connectivity index (χ4v) is 2.53. The lowest BCUT2D eigenvalue weighted by Gasteiger charge is -2.06. The minimum atomic E-state index is -0.254. The predicted molar refractivity (Wildman–Crippen MR) is 78.3 cm³/mol. The largest absolute Gasteiger partial charge is 0.256 e. The number of aryl methyl sites for hydroxylation is 1. The highest BCUT2D eigenvalue weighted by Gasteiger charge is 2.08. The molecule has 0 amide bonds. The number of nitrogens with zero attached hydrogens (tertiary/aromatic N) is 4. The number of halogens is 2. The summed E-state index contributed by atoms with van der Waals surface area (Å²) in [5, 5.41) is 9.56. The predicted octanol–water partition coefficient (Wildman–Crippen LogP) is 2.95. The summed E-state index contributed by atoms with van der Waals surface area (Å²) < 4.78 is 15.5. The average Bonchev–Trinajstić information content (AvgIpc) is 2.90. The van der Waals surface area contributed by atoms with Gasteiger partial charge in [-0.2, -0.15) is 0 Å². The van der Waals surface area contributed by atoms with E-state index < -0.39 is 0 Å². The molecule has 20 heavy (non-hydrogen) atoms. The first-order valence-corrected chi connectivity index (χ1v) is 7.37. The van der Waals surface area contributed by atoms with Crippen molar-refractivity contribution in [2.24, 2.45) is 0 Å². The molecule has 0 bridgehead atoms. The smallest absolute Gasteiger partial charge is 0.132 e. The third-order valence-corrected chi connectivity index (χ3v) is 3.47. The standard InChI is InChI=1S/C14H12BrFN4/c15-6-5-11-9-20(19-18-11)8-10-3-4-13(16)12-2-1-7-17-14(10)12/h1-4,7,9H,5-6,8H2. The molecule has 1 aromatic carbocycles. The third-order valence-electron chi connectivity index (χ3n) is 3.07. The van der Waals surface area contributed by atoms with Gasteiger partial charge in [-0.05, 0) is 18.2 Å². The van der Waals surface area contributed by atoms with Crippen molar-refractivity contribution in [1.82, 2.24) is 20.0 Å². The molecule has 0 aliphatic carbocycles. The van der Waals surface area contributed by atoms with Crippen molar-refractivity contribution in [3.8, 4) is 0 Å². The van der Waals surface area contributed by atoms with Gasteiger partial charge < -0.3 is 0 Å². The van der Waals surface area contributed by atoms with E-state index >= 15 is 0 Å². The zero-order chi connectivity index (χ0) is 13.9. The Labute approximate surface area is 123 Å². The van der Waals surface area contributed by atoms with Gasteiger partial charge in [0.2, 0.25) is 0 Å². The molecule has 0 aliphatic rings. The number of rotatable bonds is 4. The molecule has 0 unspecified atom stereocenters. The lowest BCUT2D eigenvalue weighted by atomic mass is 10.1. The summed E-state index contributed by atoms with van der Waals surface area (Å²) in [4.78, 5) is 4.27. The van der Waals surface area contributed by atoms with E-state index in [0.29, 0.717) is 17.4 Å². The van der Waals surface area contributed by atoms with Gasteiger partial charge in [0.05, 0.1) is 17.8 Å². The van der Waals surface area contributed by atoms with Gasteiger partial charge in [-0.15, -0.1) is 5.10 Å². The second kappa shape index (κ2) is 5.66. The molecule has 0 N–H and O–H groups in total. The van der Waals surface area contributed by atoms with Gasteiger partial charge in [0.25, 0.3) is 0 Å². The molecule has 4 nitrogen and oxygen atoms in total. The first-order chi connectivity index (χ1) is 9.78. The number of pyridine rings is 1. The van der Waals surface area contributed by atoms with Crippen LogP contribution in [0.4, 0.5) is 4.39 Å². The van der Waals surface area contributed by atoms with Gasteiger partial charge in [0.15, 0.2) is 0 Å². The van der Waals surface area contributed by atoms with Gasteiger partial charge >= 0.3 is 0 Å². The number of fused-ring (bicyclic) bond motifs is 1. The molecule has 0 saturated heterocycles. The summed E-state index contributed by atoms with van der Waals surface area (Å²) in [7, 11) is 0. The Morgan fingerprint density at radius 3 is 3.00 bits per heavy atom. The van der Waals surface area contributed by atoms with E-state index in [1.807, 2.05) is 6.20 Å². The molecule has 2 aromatic heterocycles. The third kappa shape index (κ3) is 2.56. The molecular weight excluding hydrogens is 323 g/mol. The van der Waals surface area contributed by atoms with Gasteiger partial charge in [-0.1, -0.05) is 27.2 Å². The first kappa shape index (κ1) is 13.2. The number of hydrogen-bond donors (Lipinski definition) is 0. The summed E-state index contributed by atoms with van der Waals surface area (Å²) in [6.07, 6.45) is 4.41. The molecule has 2 heterocycles. The van der Waals surface area contributed by atoms with Crippen LogP contribution in [0, 0.1) is 5.82 Å². The fourth-order valence-electron chi connectivity index (χ4n) is 2.13. The minimum Gasteiger partial charge on any atom is -0.256 e. The van der Waals surface area contributed by atoms with E-state index in [4.69, 9.17) is 0 Å². The van der Waals surface area contributed by atoms with E-state index in [1.165, 1.54) is 6.07 Å². The Hall–Kier alpha value is -1.82. The van der Waals surface area contributed by atoms with Crippen LogP contribution in [-0.4, -0.2) is 25.3 Å². The Morgan fingerprint density at radius 2 is 2.15 bits per heavy atom. The number of benzene rings is 1. The summed E-state index contributed by atoms with van der Waals surface area (Å²) in [6, 6.07) is 6.68. The number of alkyl halides is 1. The maximum absolute atomic E-state index is 13.7. The number of aromatic nitrogens is 4. The van der Waals surface area contributed by atoms with Crippen molar-refractivity contribution < 1.29 is 4.39 Å². The fraction of sp³-hybridized carbons (Fsp3) is 0.214. The topological polar surface area (TPSA) is 43.6 Å². The molecule has 6 heteroatoms. The quantitative estimate of drug-likeness (QED) is 0.689. The normalized spacial score (nSPS) is 11.1. The lowest BCUT2D eigenvalue weighted by Crippen LogP contribution is -2.02. The Kier molecular flexibility index (Phi) is 3.73. The Morgan fingerprint density at radius 1 is 1.25 bits per heavy atom. The van der Waals surface area contributed by atoms with Crippen LogP contribution < -0.4 is 0 Å². The highest BCUT2D eigenvalue weighted by molar-refractivity contribution is 9.09. The molecule has 102 valence electrons. The van der Waals surface area contributed by atoms with Crippen LogP contribution in [0.5, 0.6) is 0 Å². The Balaban J connectivity index is 1.96. The van der Waals surface area contributed by atoms with E-state index in [0.717, 1.165) is 23.0 Å². The molecular formula is C14H12BrFN4. The molecule has 0 radical (unpaired) electrons. The van der Waals surface area contributed by atoms with Crippen LogP contribution in [0.2, 0.25) is 0 Å². The van der Waals surface area contributed by atoms with Crippen molar-refractivity contribution in [1.29, 1.82) is 0 Å². The summed E-state index contributed by atoms with van der Waals surface area (Å²) >= 11 is 3.37. The van der Waals surface area contributed by atoms with Crippen molar-refractivity contribution in [2.75, 3.05) is 5.33 Å². The van der Waals surface area contributed by atoms with Crippen LogP contribution in [0.15, 0.2) is 36.7 Å². The highest BCUT2D eigenvalue weighted by atomic mass is 79.9. The minimum absolute atomic E-state index is 0.254. The first-order valence-electron chi connectivity index (χ1n) is 6.25. The number of hydrogen-bond acceptors (Lipinski definition) is 3. The van der Waals surface area contributed by atoms with Crippen LogP contribution in [-0.2, 0) is 13.0 Å². The molecule has 0 saturated carbocycles. The highest BCUT2D eigenvalue weighted by Crippen LogP contribution is 2.20. The second-order valence-corrected chi connectivity index (χ2v) is 5.25. The summed E-state index contributed by atoms with van der Waals surface area (Å²) in [5.74, 6) is -0.254. The maximum atomic E-state index is 13.7. The molecule has 0 fully saturated rings. The Bertz CT molecular complexity index is 741. The van der Waals surface area contributed by atoms with E-state index in [2.05, 4.69) is 31.2 Å². The van der Waals surface area contributed by atoms with Crippen molar-refractivity contribution >= 4 is 26.8 Å². The SMILES string of the molecule is Fc1ccc(Cn2cc(CCBr)nn2)c2ncccc12. The molecule has 0 spiro atoms. The molecule has 3 aromatic rings. The van der Waals surface area contributed by atoms with E-state index in [-0.39, 0.29) is 5.82 Å². The average molecular weight is 335 g/mol. The maximum Gasteiger partial charge on any atom is 0.132 e. The second-order valence-electron chi connectivity index (χ2n) is 4.45. The molecule has 0 atom stereocenters. The van der Waals surface area contributed by atoms with Crippen molar-refractivity contribution in [3.63, 3.8) is 0 Å².